The summed E-state index contributed by atoms with van der Waals surface area (Å²) in [7, 11) is -3.65. The highest BCUT2D eigenvalue weighted by Gasteiger charge is 2.41. The van der Waals surface area contributed by atoms with Gasteiger partial charge in [-0.3, -0.25) is 14.4 Å². The predicted molar refractivity (Wildman–Crippen MR) is 97.1 cm³/mol. The molecule has 2 N–H and O–H groups in total. The van der Waals surface area contributed by atoms with Gasteiger partial charge in [-0.2, -0.15) is 0 Å². The zero-order valence-corrected chi connectivity index (χ0v) is 15.6. The summed E-state index contributed by atoms with van der Waals surface area (Å²) in [6.45, 7) is 4.06. The Morgan fingerprint density at radius 3 is 2.19 bits per heavy atom. The van der Waals surface area contributed by atoms with Gasteiger partial charge in [0, 0.05) is 25.6 Å². The summed E-state index contributed by atoms with van der Waals surface area (Å²) >= 11 is 0. The molecule has 26 heavy (non-hydrogen) atoms. The smallest absolute Gasteiger partial charge is 0.251 e. The third-order valence-corrected chi connectivity index (χ3v) is 5.86. The average molecular weight is 381 g/mol. The highest BCUT2D eigenvalue weighted by atomic mass is 32.2. The van der Waals surface area contributed by atoms with E-state index in [1.807, 2.05) is 0 Å². The molecule has 0 saturated carbocycles. The maximum absolute atomic E-state index is 12.1. The maximum Gasteiger partial charge on any atom is 0.251 e. The summed E-state index contributed by atoms with van der Waals surface area (Å²) in [5.74, 6) is -1.59. The van der Waals surface area contributed by atoms with Gasteiger partial charge >= 0.3 is 0 Å². The fraction of sp³-hybridized carbons (Fsp3) is 0.471. The molecule has 0 bridgehead atoms. The number of carbonyl (C=O) groups excluding carboxylic acids is 3. The molecule has 1 aliphatic heterocycles. The summed E-state index contributed by atoms with van der Waals surface area (Å²) in [5.41, 5.74) is 0.624. The van der Waals surface area contributed by atoms with Gasteiger partial charge in [-0.15, -0.1) is 0 Å². The lowest BCUT2D eigenvalue weighted by atomic mass is 10.1. The van der Waals surface area contributed by atoms with Crippen LogP contribution in [0, 0.1) is 5.92 Å². The summed E-state index contributed by atoms with van der Waals surface area (Å²) in [5, 5.41) is 5.44. The van der Waals surface area contributed by atoms with Crippen molar-refractivity contribution in [1.29, 1.82) is 0 Å². The molecule has 2 rings (SSSR count). The minimum Gasteiger partial charge on any atom is -0.356 e. The fourth-order valence-corrected chi connectivity index (χ4v) is 4.47. The molecule has 1 aromatic carbocycles. The number of hydrogen-bond donors (Lipinski definition) is 2. The third-order valence-electron chi connectivity index (χ3n) is 3.99. The largest absolute Gasteiger partial charge is 0.356 e. The second kappa shape index (κ2) is 8.31. The van der Waals surface area contributed by atoms with Crippen LogP contribution in [0.5, 0.6) is 0 Å². The van der Waals surface area contributed by atoms with Crippen LogP contribution in [0.4, 0.5) is 5.69 Å². The van der Waals surface area contributed by atoms with E-state index < -0.39 is 21.8 Å². The Balaban J connectivity index is 1.90. The lowest BCUT2D eigenvalue weighted by Gasteiger charge is -2.15. The molecule has 1 heterocycles. The Kier molecular flexibility index (Phi) is 6.36. The quantitative estimate of drug-likeness (QED) is 0.673. The van der Waals surface area contributed by atoms with Crippen molar-refractivity contribution < 1.29 is 22.8 Å². The number of rotatable bonds is 7. The Morgan fingerprint density at radius 1 is 1.12 bits per heavy atom. The first kappa shape index (κ1) is 19.9. The van der Waals surface area contributed by atoms with Crippen molar-refractivity contribution >= 4 is 33.4 Å². The highest BCUT2D eigenvalue weighted by Crippen LogP contribution is 2.28. The Labute approximate surface area is 153 Å². The Bertz CT molecular complexity index is 789. The van der Waals surface area contributed by atoms with E-state index in [4.69, 9.17) is 0 Å². The van der Waals surface area contributed by atoms with Crippen LogP contribution in [0.3, 0.4) is 0 Å². The minimum atomic E-state index is -3.65. The Hall–Kier alpha value is -2.42. The fourth-order valence-electron chi connectivity index (χ4n) is 2.65. The number of carbonyl (C=O) groups is 3. The van der Waals surface area contributed by atoms with Gasteiger partial charge < -0.3 is 10.6 Å². The third kappa shape index (κ3) is 4.81. The maximum atomic E-state index is 12.1. The first-order valence-corrected chi connectivity index (χ1v) is 10.0. The number of anilines is 1. The highest BCUT2D eigenvalue weighted by molar-refractivity contribution is 7.94. The van der Waals surface area contributed by atoms with Crippen LogP contribution in [0.1, 0.15) is 37.0 Å². The number of benzene rings is 1. The van der Waals surface area contributed by atoms with Gasteiger partial charge in [-0.25, -0.2) is 12.7 Å². The van der Waals surface area contributed by atoms with Gasteiger partial charge in [-0.1, -0.05) is 6.92 Å². The van der Waals surface area contributed by atoms with E-state index >= 15 is 0 Å². The Morgan fingerprint density at radius 2 is 1.69 bits per heavy atom. The van der Waals surface area contributed by atoms with Gasteiger partial charge in [0.15, 0.2) is 0 Å². The van der Waals surface area contributed by atoms with Crippen LogP contribution in [-0.4, -0.2) is 45.0 Å². The molecule has 0 aliphatic carbocycles. The molecule has 8 nitrogen and oxygen atoms in total. The molecule has 1 fully saturated rings. The van der Waals surface area contributed by atoms with Gasteiger partial charge in [0.25, 0.3) is 5.91 Å². The first-order valence-electron chi connectivity index (χ1n) is 8.42. The van der Waals surface area contributed by atoms with Crippen LogP contribution in [0.15, 0.2) is 24.3 Å². The normalized spacial score (nSPS) is 18.6. The SMILES string of the molecule is CC(=O)NCCCCNC(=O)c1ccc(N2C(=O)C(C)CS2(=O)=O)cc1. The molecular formula is C17H23N3O5S. The van der Waals surface area contributed by atoms with E-state index in [-0.39, 0.29) is 23.3 Å². The minimum absolute atomic E-state index is 0.0815. The number of nitrogens with zero attached hydrogens (tertiary/aromatic N) is 1. The second-order valence-corrected chi connectivity index (χ2v) is 8.14. The van der Waals surface area contributed by atoms with Crippen LogP contribution < -0.4 is 14.9 Å². The molecule has 1 aliphatic rings. The molecule has 1 aromatic rings. The summed E-state index contributed by atoms with van der Waals surface area (Å²) in [6, 6.07) is 5.90. The molecule has 0 aromatic heterocycles. The van der Waals surface area contributed by atoms with Gasteiger partial charge in [0.1, 0.15) is 0 Å². The zero-order chi connectivity index (χ0) is 19.3. The number of amides is 3. The zero-order valence-electron chi connectivity index (χ0n) is 14.8. The molecule has 1 saturated heterocycles. The van der Waals surface area contributed by atoms with Crippen molar-refractivity contribution in [3.8, 4) is 0 Å². The molecule has 1 unspecified atom stereocenters. The molecule has 0 radical (unpaired) electrons. The van der Waals surface area contributed by atoms with E-state index in [2.05, 4.69) is 10.6 Å². The molecule has 1 atom stereocenters. The van der Waals surface area contributed by atoms with Crippen LogP contribution in [0.25, 0.3) is 0 Å². The molecule has 9 heteroatoms. The second-order valence-electron chi connectivity index (χ2n) is 6.28. The number of sulfonamides is 1. The predicted octanol–water partition coefficient (Wildman–Crippen LogP) is 0.645. The van der Waals surface area contributed by atoms with Crippen LogP contribution in [-0.2, 0) is 19.6 Å². The van der Waals surface area contributed by atoms with Crippen LogP contribution in [0.2, 0.25) is 0 Å². The van der Waals surface area contributed by atoms with E-state index in [1.165, 1.54) is 31.2 Å². The molecule has 3 amide bonds. The number of hydrogen-bond acceptors (Lipinski definition) is 5. The van der Waals surface area contributed by atoms with E-state index in [9.17, 15) is 22.8 Å². The van der Waals surface area contributed by atoms with Crippen LogP contribution >= 0.6 is 0 Å². The average Bonchev–Trinajstić information content (AvgIpc) is 2.78. The van der Waals surface area contributed by atoms with E-state index in [0.717, 1.165) is 17.1 Å². The topological polar surface area (TPSA) is 113 Å². The van der Waals surface area contributed by atoms with Gasteiger partial charge in [0.2, 0.25) is 21.8 Å². The van der Waals surface area contributed by atoms with Crippen molar-refractivity contribution in [1.82, 2.24) is 10.6 Å². The summed E-state index contributed by atoms with van der Waals surface area (Å²) < 4.78 is 24.9. The standard InChI is InChI=1S/C17H23N3O5S/c1-12-11-26(24,25)20(17(12)23)15-7-5-14(6-8-15)16(22)19-10-4-3-9-18-13(2)21/h5-8,12H,3-4,9-11H2,1-2H3,(H,18,21)(H,19,22). The van der Waals surface area contributed by atoms with Gasteiger partial charge in [0.05, 0.1) is 17.4 Å². The summed E-state index contributed by atoms with van der Waals surface area (Å²) in [4.78, 5) is 34.9. The van der Waals surface area contributed by atoms with E-state index in [0.29, 0.717) is 18.7 Å². The lowest BCUT2D eigenvalue weighted by molar-refractivity contribution is -0.120. The van der Waals surface area contributed by atoms with Crippen molar-refractivity contribution in [2.45, 2.75) is 26.7 Å². The molecule has 142 valence electrons. The molecular weight excluding hydrogens is 358 g/mol. The van der Waals surface area contributed by atoms with Crippen molar-refractivity contribution in [3.63, 3.8) is 0 Å². The monoisotopic (exact) mass is 381 g/mol. The van der Waals surface area contributed by atoms with Gasteiger partial charge in [-0.05, 0) is 37.1 Å². The lowest BCUT2D eigenvalue weighted by Crippen LogP contribution is -2.30. The van der Waals surface area contributed by atoms with E-state index in [1.54, 1.807) is 6.92 Å². The molecule has 0 spiro atoms. The number of nitrogens with one attached hydrogen (secondary N) is 2. The first-order chi connectivity index (χ1) is 12.2. The van der Waals surface area contributed by atoms with Crippen molar-refractivity contribution in [3.05, 3.63) is 29.8 Å². The number of unbranched alkanes of at least 4 members (excludes halogenated alkanes) is 1. The summed E-state index contributed by atoms with van der Waals surface area (Å²) in [6.07, 6.45) is 1.48. The van der Waals surface area contributed by atoms with Crippen molar-refractivity contribution in [2.24, 2.45) is 5.92 Å². The van der Waals surface area contributed by atoms with Crippen molar-refractivity contribution in [2.75, 3.05) is 23.1 Å².